The summed E-state index contributed by atoms with van der Waals surface area (Å²) >= 11 is 0. The minimum absolute atomic E-state index is 0. The van der Waals surface area contributed by atoms with E-state index in [2.05, 4.69) is 22.2 Å². The maximum Gasteiger partial charge on any atom is 0.194 e. The number of halogens is 1. The zero-order valence-electron chi connectivity index (χ0n) is 14.9. The van der Waals surface area contributed by atoms with E-state index in [4.69, 9.17) is 14.5 Å². The van der Waals surface area contributed by atoms with Gasteiger partial charge < -0.3 is 19.7 Å². The Morgan fingerprint density at radius 3 is 2.96 bits per heavy atom. The number of aliphatic imine (C=N–C) groups is 1. The molecule has 1 aromatic heterocycles. The molecule has 2 heterocycles. The van der Waals surface area contributed by atoms with Gasteiger partial charge in [-0.05, 0) is 19.4 Å². The molecule has 1 saturated heterocycles. The number of likely N-dealkylation sites (tertiary alicyclic amines) is 1. The molecule has 8 heteroatoms. The van der Waals surface area contributed by atoms with Crippen molar-refractivity contribution in [3.63, 3.8) is 0 Å². The molecule has 2 rings (SSSR count). The Hall–Kier alpha value is -0.870. The van der Waals surface area contributed by atoms with Gasteiger partial charge >= 0.3 is 0 Å². The van der Waals surface area contributed by atoms with E-state index in [0.29, 0.717) is 25.7 Å². The Balaban J connectivity index is 0.00000288. The summed E-state index contributed by atoms with van der Waals surface area (Å²) < 4.78 is 12.5. The smallest absolute Gasteiger partial charge is 0.194 e. The van der Waals surface area contributed by atoms with Crippen LogP contribution in [0.2, 0.25) is 0 Å². The molecule has 7 nitrogen and oxygen atoms in total. The number of hydrogen-bond acceptors (Lipinski definition) is 4. The number of nitrogens with zero attached hydrogens (tertiary/aromatic N) is 4. The van der Waals surface area contributed by atoms with Crippen LogP contribution in [0.3, 0.4) is 0 Å². The highest BCUT2D eigenvalue weighted by Crippen LogP contribution is 2.17. The Morgan fingerprint density at radius 1 is 1.46 bits per heavy atom. The van der Waals surface area contributed by atoms with Gasteiger partial charge in [-0.15, -0.1) is 24.0 Å². The van der Waals surface area contributed by atoms with Crippen LogP contribution >= 0.6 is 24.0 Å². The number of methoxy groups -OCH3 is 1. The van der Waals surface area contributed by atoms with Gasteiger partial charge in [0.15, 0.2) is 5.96 Å². The molecule has 1 aliphatic heterocycles. The van der Waals surface area contributed by atoms with Crippen LogP contribution in [0.4, 0.5) is 0 Å². The van der Waals surface area contributed by atoms with Crippen molar-refractivity contribution in [3.05, 3.63) is 18.0 Å². The summed E-state index contributed by atoms with van der Waals surface area (Å²) in [6, 6.07) is 2.00. The van der Waals surface area contributed by atoms with Crippen LogP contribution in [0.15, 0.2) is 17.3 Å². The minimum Gasteiger partial charge on any atom is -0.382 e. The van der Waals surface area contributed by atoms with Crippen LogP contribution in [-0.4, -0.2) is 67.2 Å². The van der Waals surface area contributed by atoms with Crippen molar-refractivity contribution in [2.75, 3.05) is 46.6 Å². The van der Waals surface area contributed by atoms with Gasteiger partial charge in [-0.25, -0.2) is 4.99 Å². The predicted octanol–water partition coefficient (Wildman–Crippen LogP) is 1.49. The van der Waals surface area contributed by atoms with Crippen LogP contribution in [-0.2, 0) is 23.1 Å². The molecular weight excluding hydrogens is 421 g/mol. The summed E-state index contributed by atoms with van der Waals surface area (Å²) in [6.45, 7) is 7.74. The van der Waals surface area contributed by atoms with Gasteiger partial charge in [0.1, 0.15) is 0 Å². The SMILES string of the molecule is CCNC(=NCc1ccnn1C)N1CCC(COCCOC)C1.I. The van der Waals surface area contributed by atoms with Crippen molar-refractivity contribution >= 4 is 29.9 Å². The quantitative estimate of drug-likeness (QED) is 0.281. The molecule has 1 aromatic rings. The molecule has 0 amide bonds. The summed E-state index contributed by atoms with van der Waals surface area (Å²) in [4.78, 5) is 7.08. The predicted molar refractivity (Wildman–Crippen MR) is 106 cm³/mol. The fourth-order valence-electron chi connectivity index (χ4n) is 2.69. The molecule has 0 saturated carbocycles. The van der Waals surface area contributed by atoms with Crippen molar-refractivity contribution in [1.82, 2.24) is 20.0 Å². The number of aromatic nitrogens is 2. The second kappa shape index (κ2) is 11.6. The van der Waals surface area contributed by atoms with Crippen molar-refractivity contribution in [3.8, 4) is 0 Å². The first-order valence-corrected chi connectivity index (χ1v) is 8.31. The van der Waals surface area contributed by atoms with Gasteiger partial charge in [-0.3, -0.25) is 4.68 Å². The Morgan fingerprint density at radius 2 is 2.29 bits per heavy atom. The third-order valence-corrected chi connectivity index (χ3v) is 4.02. The van der Waals surface area contributed by atoms with Crippen LogP contribution in [0.25, 0.3) is 0 Å². The number of aryl methyl sites for hydroxylation is 1. The lowest BCUT2D eigenvalue weighted by atomic mass is 10.1. The molecule has 1 atom stereocenters. The Labute approximate surface area is 161 Å². The molecule has 1 unspecified atom stereocenters. The average molecular weight is 451 g/mol. The van der Waals surface area contributed by atoms with E-state index in [9.17, 15) is 0 Å². The monoisotopic (exact) mass is 451 g/mol. The van der Waals surface area contributed by atoms with E-state index in [1.54, 1.807) is 13.3 Å². The fraction of sp³-hybridized carbons (Fsp3) is 0.750. The van der Waals surface area contributed by atoms with E-state index in [0.717, 1.165) is 44.3 Å². The van der Waals surface area contributed by atoms with Gasteiger partial charge in [0.05, 0.1) is 32.1 Å². The van der Waals surface area contributed by atoms with Gasteiger partial charge in [-0.1, -0.05) is 0 Å². The summed E-state index contributed by atoms with van der Waals surface area (Å²) in [5, 5.41) is 7.57. The number of rotatable bonds is 8. The minimum atomic E-state index is 0. The lowest BCUT2D eigenvalue weighted by molar-refractivity contribution is 0.0536. The van der Waals surface area contributed by atoms with Crippen molar-refractivity contribution in [1.29, 1.82) is 0 Å². The number of guanidine groups is 1. The van der Waals surface area contributed by atoms with Crippen molar-refractivity contribution in [2.45, 2.75) is 19.9 Å². The molecule has 1 aliphatic rings. The second-order valence-corrected chi connectivity index (χ2v) is 5.78. The lowest BCUT2D eigenvalue weighted by Gasteiger charge is -2.21. The van der Waals surface area contributed by atoms with Gasteiger partial charge in [0.2, 0.25) is 0 Å². The molecule has 24 heavy (non-hydrogen) atoms. The highest BCUT2D eigenvalue weighted by molar-refractivity contribution is 14.0. The number of hydrogen-bond donors (Lipinski definition) is 1. The van der Waals surface area contributed by atoms with Crippen LogP contribution in [0.1, 0.15) is 19.0 Å². The Bertz CT molecular complexity index is 495. The molecule has 1 fully saturated rings. The maximum absolute atomic E-state index is 5.66. The lowest BCUT2D eigenvalue weighted by Crippen LogP contribution is -2.40. The molecular formula is C16H30IN5O2. The Kier molecular flexibility index (Phi) is 10.3. The molecule has 0 aliphatic carbocycles. The van der Waals surface area contributed by atoms with Gasteiger partial charge in [0, 0.05) is 45.9 Å². The molecule has 1 N–H and O–H groups in total. The second-order valence-electron chi connectivity index (χ2n) is 5.78. The number of ether oxygens (including phenoxy) is 2. The average Bonchev–Trinajstić information content (AvgIpc) is 3.17. The van der Waals surface area contributed by atoms with E-state index in [1.165, 1.54) is 0 Å². The van der Waals surface area contributed by atoms with E-state index in [1.807, 2.05) is 17.8 Å². The summed E-state index contributed by atoms with van der Waals surface area (Å²) in [7, 11) is 3.64. The van der Waals surface area contributed by atoms with Crippen molar-refractivity contribution < 1.29 is 9.47 Å². The molecule has 0 bridgehead atoms. The zero-order valence-corrected chi connectivity index (χ0v) is 17.2. The van der Waals surface area contributed by atoms with Crippen LogP contribution < -0.4 is 5.32 Å². The third-order valence-electron chi connectivity index (χ3n) is 4.02. The molecule has 138 valence electrons. The first-order valence-electron chi connectivity index (χ1n) is 8.31. The molecule has 0 aromatic carbocycles. The first-order chi connectivity index (χ1) is 11.2. The highest BCUT2D eigenvalue weighted by atomic mass is 127. The maximum atomic E-state index is 5.66. The van der Waals surface area contributed by atoms with E-state index < -0.39 is 0 Å². The van der Waals surface area contributed by atoms with Crippen LogP contribution in [0.5, 0.6) is 0 Å². The normalized spacial score (nSPS) is 17.9. The summed E-state index contributed by atoms with van der Waals surface area (Å²) in [6.07, 6.45) is 2.95. The zero-order chi connectivity index (χ0) is 16.5. The summed E-state index contributed by atoms with van der Waals surface area (Å²) in [5.41, 5.74) is 1.11. The highest BCUT2D eigenvalue weighted by Gasteiger charge is 2.24. The van der Waals surface area contributed by atoms with Crippen LogP contribution in [0, 0.1) is 5.92 Å². The largest absolute Gasteiger partial charge is 0.382 e. The molecule has 0 radical (unpaired) electrons. The number of nitrogens with one attached hydrogen (secondary N) is 1. The topological polar surface area (TPSA) is 63.9 Å². The third kappa shape index (κ3) is 6.56. The molecule has 0 spiro atoms. The fourth-order valence-corrected chi connectivity index (χ4v) is 2.69. The van der Waals surface area contributed by atoms with E-state index in [-0.39, 0.29) is 24.0 Å². The standard InChI is InChI=1S/C16H29N5O2.HI/c1-4-17-16(18-11-15-5-7-19-20(15)2)21-8-6-14(12-21)13-23-10-9-22-3;/h5,7,14H,4,6,8-13H2,1-3H3,(H,17,18);1H. The van der Waals surface area contributed by atoms with E-state index >= 15 is 0 Å². The summed E-state index contributed by atoms with van der Waals surface area (Å²) in [5.74, 6) is 1.54. The first kappa shape index (κ1) is 21.2. The van der Waals surface area contributed by atoms with Gasteiger partial charge in [-0.2, -0.15) is 5.10 Å². The van der Waals surface area contributed by atoms with Crippen molar-refractivity contribution in [2.24, 2.45) is 18.0 Å². The van der Waals surface area contributed by atoms with Gasteiger partial charge in [0.25, 0.3) is 0 Å².